The van der Waals surface area contributed by atoms with E-state index in [1.807, 2.05) is 26.8 Å². The Morgan fingerprint density at radius 1 is 0.316 bits per heavy atom. The summed E-state index contributed by atoms with van der Waals surface area (Å²) in [6, 6.07) is 16.3. The number of hydrogen-bond acceptors (Lipinski definition) is 5. The maximum absolute atomic E-state index is 12.6. The van der Waals surface area contributed by atoms with Gasteiger partial charge in [-0.15, -0.1) is 0 Å². The maximum atomic E-state index is 12.6. The van der Waals surface area contributed by atoms with Gasteiger partial charge in [-0.1, -0.05) is 194 Å². The van der Waals surface area contributed by atoms with E-state index in [0.717, 1.165) is 80.0 Å². The van der Waals surface area contributed by atoms with Gasteiger partial charge in [-0.25, -0.2) is 13.2 Å². The van der Waals surface area contributed by atoms with Crippen LogP contribution >= 0.6 is 0 Å². The molecule has 0 amide bonds. The maximum Gasteiger partial charge on any atom is 0.154 e. The largest absolute Gasteiger partial charge is 0.378 e. The minimum atomic E-state index is -0.475. The predicted molar refractivity (Wildman–Crippen MR) is 324 cm³/mol. The van der Waals surface area contributed by atoms with Crippen molar-refractivity contribution in [2.75, 3.05) is 33.0 Å². The third-order valence-electron chi connectivity index (χ3n) is 15.1. The van der Waals surface area contributed by atoms with Crippen LogP contribution in [-0.4, -0.2) is 51.7 Å². The molecule has 76 heavy (non-hydrogen) atoms. The zero-order valence-electron chi connectivity index (χ0n) is 51.2. The summed E-state index contributed by atoms with van der Waals surface area (Å²) < 4.78 is 63.8. The molecule has 3 heterocycles. The highest BCUT2D eigenvalue weighted by Gasteiger charge is 2.17. The number of rotatable bonds is 0. The molecule has 2 atom stereocenters. The Hall–Kier alpha value is -2.75. The summed E-state index contributed by atoms with van der Waals surface area (Å²) in [5.41, 5.74) is 5.04. The van der Waals surface area contributed by atoms with Crippen molar-refractivity contribution in [2.24, 2.45) is 53.3 Å². The fourth-order valence-electron chi connectivity index (χ4n) is 8.79. The van der Waals surface area contributed by atoms with Crippen LogP contribution in [0, 0.1) is 112 Å². The molecule has 0 radical (unpaired) electrons. The first kappa shape index (κ1) is 73.2. The summed E-state index contributed by atoms with van der Waals surface area (Å²) in [5.74, 6) is 7.00. The van der Waals surface area contributed by atoms with Gasteiger partial charge in [0.25, 0.3) is 0 Å². The summed E-state index contributed by atoms with van der Waals surface area (Å²) >= 11 is 0. The van der Waals surface area contributed by atoms with E-state index in [1.54, 1.807) is 19.9 Å². The highest BCUT2D eigenvalue weighted by Crippen LogP contribution is 2.29. The zero-order valence-corrected chi connectivity index (χ0v) is 51.2. The molecule has 6 fully saturated rings. The Morgan fingerprint density at radius 3 is 0.816 bits per heavy atom. The van der Waals surface area contributed by atoms with E-state index in [4.69, 9.17) is 23.7 Å². The molecule has 0 spiro atoms. The van der Waals surface area contributed by atoms with Crippen molar-refractivity contribution in [2.45, 2.75) is 241 Å². The summed E-state index contributed by atoms with van der Waals surface area (Å²) in [4.78, 5) is 0. The van der Waals surface area contributed by atoms with E-state index in [-0.39, 0.29) is 34.2 Å². The van der Waals surface area contributed by atoms with Crippen LogP contribution in [0.25, 0.3) is 0 Å². The van der Waals surface area contributed by atoms with Gasteiger partial charge >= 0.3 is 0 Å². The number of benzene rings is 3. The van der Waals surface area contributed by atoms with E-state index in [0.29, 0.717) is 29.1 Å². The van der Waals surface area contributed by atoms with Gasteiger partial charge in [0, 0.05) is 26.9 Å². The standard InChI is InChI=1S/C8H8F2.C8H9F.3C8H16.C8H10.C7H14O.2C6H12O2.CH4.2H2/c1-5-3-7(9)6(2)8(10)4-5;1-6-3-4-7(2)8(9)5-6;4*1-7-3-5-8(2)6-4-7;1-6-3-4-7(2)8-5-6;2*1-5-3-7-6(2)8-4-5;;;/h3-4H,1-2H3;3-5H,1-2H3;3*7-8H,3-6H2,1-2H3;3-6H,1-2H3;6-7H,3-5H2,1-2H3;2*5-6H,3-4H2,1-2H3;1H4;2*1H. The van der Waals surface area contributed by atoms with Gasteiger partial charge in [0.15, 0.2) is 12.6 Å². The minimum Gasteiger partial charge on any atom is -0.378 e. The van der Waals surface area contributed by atoms with Crippen molar-refractivity contribution in [3.05, 3.63) is 105 Å². The summed E-state index contributed by atoms with van der Waals surface area (Å²) in [5, 5.41) is 0. The van der Waals surface area contributed by atoms with Crippen LogP contribution in [0.5, 0.6) is 0 Å². The molecule has 6 aliphatic rings. The highest BCUT2D eigenvalue weighted by molar-refractivity contribution is 5.24. The molecular weight excluding hydrogens is 954 g/mol. The SMILES string of the molecule is C.CC1CCC(C)CC1.CC1CCC(C)CC1.CC1CCC(C)CC1.CC1CCC(C)OC1.CC1COC(C)OC1.CC1COC(C)OC1.Cc1cc(F)c(C)c(F)c1.Cc1ccc(C)c(F)c1.Cc1ccc(C)cc1.[HH].[HH]. The Morgan fingerprint density at radius 2 is 0.579 bits per heavy atom. The Labute approximate surface area is 470 Å². The van der Waals surface area contributed by atoms with Gasteiger partial charge in [-0.05, 0) is 151 Å². The molecule has 3 aromatic carbocycles. The first-order valence-corrected chi connectivity index (χ1v) is 29.6. The molecule has 9 rings (SSSR count). The molecule has 444 valence electrons. The molecule has 0 N–H and O–H groups in total. The van der Waals surface area contributed by atoms with Crippen molar-refractivity contribution in [1.29, 1.82) is 0 Å². The van der Waals surface area contributed by atoms with Gasteiger partial charge < -0.3 is 23.7 Å². The Bertz CT molecular complexity index is 1580. The first-order chi connectivity index (χ1) is 35.3. The molecule has 3 aliphatic carbocycles. The third-order valence-corrected chi connectivity index (χ3v) is 15.1. The number of hydrogen-bond donors (Lipinski definition) is 0. The van der Waals surface area contributed by atoms with E-state index < -0.39 is 11.6 Å². The van der Waals surface area contributed by atoms with Crippen LogP contribution in [0.1, 0.15) is 217 Å². The summed E-state index contributed by atoms with van der Waals surface area (Å²) in [6.45, 7) is 41.9. The molecular formula is C68H121F3O5. The van der Waals surface area contributed by atoms with Crippen LogP contribution in [0.4, 0.5) is 13.2 Å². The molecule has 0 bridgehead atoms. The third kappa shape index (κ3) is 38.0. The first-order valence-electron chi connectivity index (χ1n) is 29.6. The smallest absolute Gasteiger partial charge is 0.154 e. The number of aryl methyl sites for hydroxylation is 5. The molecule has 5 nitrogen and oxygen atoms in total. The normalized spacial score (nSPS) is 28.5. The highest BCUT2D eigenvalue weighted by atomic mass is 19.1. The number of halogens is 3. The van der Waals surface area contributed by atoms with E-state index in [1.165, 1.54) is 126 Å². The molecule has 3 aliphatic heterocycles. The average molecular weight is 1080 g/mol. The van der Waals surface area contributed by atoms with Crippen LogP contribution in [-0.2, 0) is 23.7 Å². The second kappa shape index (κ2) is 42.2. The fraction of sp³-hybridized carbons (Fsp3) is 0.735. The van der Waals surface area contributed by atoms with Gasteiger partial charge in [0.2, 0.25) is 0 Å². The lowest BCUT2D eigenvalue weighted by molar-refractivity contribution is -0.187. The van der Waals surface area contributed by atoms with Crippen molar-refractivity contribution in [3.8, 4) is 0 Å². The molecule has 8 heteroatoms. The lowest BCUT2D eigenvalue weighted by atomic mass is 9.84. The van der Waals surface area contributed by atoms with Crippen molar-refractivity contribution in [1.82, 2.24) is 0 Å². The molecule has 3 saturated carbocycles. The quantitative estimate of drug-likeness (QED) is 0.225. The average Bonchev–Trinajstić information content (AvgIpc) is 3.37. The van der Waals surface area contributed by atoms with Crippen molar-refractivity contribution >= 4 is 0 Å². The van der Waals surface area contributed by atoms with Crippen molar-refractivity contribution < 1.29 is 39.7 Å². The molecule has 3 saturated heterocycles. The molecule has 3 aromatic rings. The lowest BCUT2D eigenvalue weighted by Gasteiger charge is -2.24. The minimum absolute atomic E-state index is 0. The zero-order chi connectivity index (χ0) is 56.5. The predicted octanol–water partition coefficient (Wildman–Crippen LogP) is 20.8. The van der Waals surface area contributed by atoms with E-state index in [9.17, 15) is 13.2 Å². The van der Waals surface area contributed by atoms with Crippen LogP contribution < -0.4 is 0 Å². The van der Waals surface area contributed by atoms with Crippen LogP contribution in [0.2, 0.25) is 0 Å². The van der Waals surface area contributed by atoms with Gasteiger partial charge in [0.05, 0.1) is 32.5 Å². The van der Waals surface area contributed by atoms with Gasteiger partial charge in [0.1, 0.15) is 17.5 Å². The fourth-order valence-corrected chi connectivity index (χ4v) is 8.79. The lowest BCUT2D eigenvalue weighted by Crippen LogP contribution is -2.27. The number of ether oxygens (including phenoxy) is 5. The van der Waals surface area contributed by atoms with Crippen LogP contribution in [0.15, 0.2) is 54.6 Å². The topological polar surface area (TPSA) is 46.2 Å². The Balaban J connectivity index is -0.000000808. The molecule has 0 aromatic heterocycles. The molecule has 2 unspecified atom stereocenters. The second-order valence-electron chi connectivity index (χ2n) is 24.4. The van der Waals surface area contributed by atoms with Crippen LogP contribution in [0.3, 0.4) is 0 Å². The summed E-state index contributed by atoms with van der Waals surface area (Å²) in [7, 11) is 0. The monoisotopic (exact) mass is 1070 g/mol. The van der Waals surface area contributed by atoms with Gasteiger partial charge in [-0.2, -0.15) is 0 Å². The van der Waals surface area contributed by atoms with E-state index in [2.05, 4.69) is 107 Å². The van der Waals surface area contributed by atoms with Gasteiger partial charge in [-0.3, -0.25) is 0 Å². The van der Waals surface area contributed by atoms with Crippen molar-refractivity contribution in [3.63, 3.8) is 0 Å². The second-order valence-corrected chi connectivity index (χ2v) is 24.4. The summed E-state index contributed by atoms with van der Waals surface area (Å²) in [6.07, 6.45) is 20.8. The Kier molecular flexibility index (Phi) is 40.7. The van der Waals surface area contributed by atoms with E-state index >= 15 is 0 Å².